The molecule has 1 aromatic heterocycles. The molecule has 0 aliphatic carbocycles. The number of hydrogen-bond acceptors (Lipinski definition) is 6. The van der Waals surface area contributed by atoms with E-state index >= 15 is 0 Å². The van der Waals surface area contributed by atoms with Crippen LogP contribution in [0.5, 0.6) is 17.2 Å². The van der Waals surface area contributed by atoms with Gasteiger partial charge in [-0.1, -0.05) is 13.8 Å². The molecular formula is C16H23N3O3. The first-order chi connectivity index (χ1) is 10.7. The van der Waals surface area contributed by atoms with Gasteiger partial charge in [-0.2, -0.15) is 0 Å². The van der Waals surface area contributed by atoms with Gasteiger partial charge in [-0.25, -0.2) is 9.97 Å². The summed E-state index contributed by atoms with van der Waals surface area (Å²) in [6.45, 7) is 4.30. The molecule has 120 valence electrons. The van der Waals surface area contributed by atoms with E-state index in [1.807, 2.05) is 6.07 Å². The number of nitrogens with zero attached hydrogens (tertiary/aromatic N) is 2. The largest absolute Gasteiger partial charge is 0.493 e. The summed E-state index contributed by atoms with van der Waals surface area (Å²) in [5, 5.41) is 4.31. The van der Waals surface area contributed by atoms with E-state index in [1.165, 1.54) is 6.33 Å². The fraction of sp³-hybridized carbons (Fsp3) is 0.500. The SMILES string of the molecule is CCC(CC)Nc1ncnc2c(OC)c(OC)c(OC)cc12. The number of rotatable bonds is 7. The summed E-state index contributed by atoms with van der Waals surface area (Å²) in [4.78, 5) is 8.72. The molecular weight excluding hydrogens is 282 g/mol. The summed E-state index contributed by atoms with van der Waals surface area (Å²) < 4.78 is 16.3. The number of methoxy groups -OCH3 is 3. The van der Waals surface area contributed by atoms with Gasteiger partial charge in [0, 0.05) is 6.04 Å². The van der Waals surface area contributed by atoms with Crippen LogP contribution in [-0.4, -0.2) is 37.3 Å². The van der Waals surface area contributed by atoms with Crippen LogP contribution in [0.2, 0.25) is 0 Å². The summed E-state index contributed by atoms with van der Waals surface area (Å²) in [6, 6.07) is 2.23. The lowest BCUT2D eigenvalue weighted by molar-refractivity contribution is 0.327. The van der Waals surface area contributed by atoms with Crippen molar-refractivity contribution in [2.75, 3.05) is 26.6 Å². The number of ether oxygens (including phenoxy) is 3. The zero-order valence-corrected chi connectivity index (χ0v) is 13.8. The Labute approximate surface area is 130 Å². The van der Waals surface area contributed by atoms with E-state index in [9.17, 15) is 0 Å². The third-order valence-electron chi connectivity index (χ3n) is 3.76. The number of aromatic nitrogens is 2. The second kappa shape index (κ2) is 7.15. The van der Waals surface area contributed by atoms with Crippen molar-refractivity contribution in [2.24, 2.45) is 0 Å². The van der Waals surface area contributed by atoms with Crippen LogP contribution in [0.4, 0.5) is 5.82 Å². The second-order valence-electron chi connectivity index (χ2n) is 4.92. The van der Waals surface area contributed by atoms with E-state index < -0.39 is 0 Å². The molecule has 2 rings (SSSR count). The minimum atomic E-state index is 0.359. The van der Waals surface area contributed by atoms with Crippen LogP contribution in [0, 0.1) is 0 Å². The highest BCUT2D eigenvalue weighted by atomic mass is 16.5. The lowest BCUT2D eigenvalue weighted by atomic mass is 10.1. The number of nitrogens with one attached hydrogen (secondary N) is 1. The van der Waals surface area contributed by atoms with E-state index in [0.29, 0.717) is 28.8 Å². The van der Waals surface area contributed by atoms with Crippen molar-refractivity contribution in [2.45, 2.75) is 32.7 Å². The van der Waals surface area contributed by atoms with Crippen LogP contribution in [0.15, 0.2) is 12.4 Å². The van der Waals surface area contributed by atoms with Crippen LogP contribution in [-0.2, 0) is 0 Å². The van der Waals surface area contributed by atoms with Gasteiger partial charge < -0.3 is 19.5 Å². The topological polar surface area (TPSA) is 65.5 Å². The highest BCUT2D eigenvalue weighted by Gasteiger charge is 2.19. The number of fused-ring (bicyclic) bond motifs is 1. The Hall–Kier alpha value is -2.24. The van der Waals surface area contributed by atoms with Gasteiger partial charge in [0.1, 0.15) is 17.7 Å². The van der Waals surface area contributed by atoms with E-state index in [-0.39, 0.29) is 0 Å². The van der Waals surface area contributed by atoms with Crippen molar-refractivity contribution in [3.63, 3.8) is 0 Å². The normalized spacial score (nSPS) is 10.8. The van der Waals surface area contributed by atoms with Crippen molar-refractivity contribution < 1.29 is 14.2 Å². The fourth-order valence-electron chi connectivity index (χ4n) is 2.46. The predicted octanol–water partition coefficient (Wildman–Crippen LogP) is 3.26. The molecule has 0 unspecified atom stereocenters. The molecule has 0 atom stereocenters. The van der Waals surface area contributed by atoms with Crippen LogP contribution < -0.4 is 19.5 Å². The number of hydrogen-bond donors (Lipinski definition) is 1. The fourth-order valence-corrected chi connectivity index (χ4v) is 2.46. The van der Waals surface area contributed by atoms with Crippen LogP contribution in [0.25, 0.3) is 10.9 Å². The van der Waals surface area contributed by atoms with Crippen molar-refractivity contribution >= 4 is 16.7 Å². The molecule has 0 bridgehead atoms. The summed E-state index contributed by atoms with van der Waals surface area (Å²) in [5.74, 6) is 2.45. The Balaban J connectivity index is 2.65. The first-order valence-corrected chi connectivity index (χ1v) is 7.40. The molecule has 22 heavy (non-hydrogen) atoms. The van der Waals surface area contributed by atoms with Gasteiger partial charge in [0.25, 0.3) is 0 Å². The van der Waals surface area contributed by atoms with Gasteiger partial charge in [-0.15, -0.1) is 0 Å². The Morgan fingerprint density at radius 1 is 1.00 bits per heavy atom. The third-order valence-corrected chi connectivity index (χ3v) is 3.76. The highest BCUT2D eigenvalue weighted by Crippen LogP contribution is 2.43. The van der Waals surface area contributed by atoms with Crippen molar-refractivity contribution in [1.29, 1.82) is 0 Å². The minimum Gasteiger partial charge on any atom is -0.493 e. The molecule has 0 aliphatic rings. The Bertz CT molecular complexity index is 642. The van der Waals surface area contributed by atoms with Crippen molar-refractivity contribution in [3.05, 3.63) is 12.4 Å². The maximum Gasteiger partial charge on any atom is 0.205 e. The zero-order chi connectivity index (χ0) is 16.1. The van der Waals surface area contributed by atoms with Crippen LogP contribution in [0.3, 0.4) is 0 Å². The Morgan fingerprint density at radius 3 is 2.23 bits per heavy atom. The summed E-state index contributed by atoms with van der Waals surface area (Å²) >= 11 is 0. The molecule has 0 spiro atoms. The lowest BCUT2D eigenvalue weighted by Gasteiger charge is -2.19. The maximum atomic E-state index is 5.48. The summed E-state index contributed by atoms with van der Waals surface area (Å²) in [6.07, 6.45) is 3.57. The molecule has 0 aliphatic heterocycles. The Kier molecular flexibility index (Phi) is 5.25. The average molecular weight is 305 g/mol. The summed E-state index contributed by atoms with van der Waals surface area (Å²) in [7, 11) is 4.77. The standard InChI is InChI=1S/C16H23N3O3/c1-6-10(7-2)19-16-11-8-12(20-3)14(21-4)15(22-5)13(11)17-9-18-16/h8-10H,6-7H2,1-5H3,(H,17,18,19). The zero-order valence-electron chi connectivity index (χ0n) is 13.8. The van der Waals surface area contributed by atoms with Crippen LogP contribution in [0.1, 0.15) is 26.7 Å². The molecule has 1 heterocycles. The van der Waals surface area contributed by atoms with E-state index in [1.54, 1.807) is 21.3 Å². The number of benzene rings is 1. The van der Waals surface area contributed by atoms with Gasteiger partial charge in [-0.05, 0) is 18.9 Å². The average Bonchev–Trinajstić information content (AvgIpc) is 2.57. The van der Waals surface area contributed by atoms with Gasteiger partial charge in [-0.3, -0.25) is 0 Å². The van der Waals surface area contributed by atoms with Crippen molar-refractivity contribution in [1.82, 2.24) is 9.97 Å². The molecule has 0 fully saturated rings. The lowest BCUT2D eigenvalue weighted by Crippen LogP contribution is -2.18. The third kappa shape index (κ3) is 2.86. The molecule has 2 aromatic rings. The molecule has 0 amide bonds. The quantitative estimate of drug-likeness (QED) is 0.847. The summed E-state index contributed by atoms with van der Waals surface area (Å²) in [5.41, 5.74) is 0.698. The van der Waals surface area contributed by atoms with Crippen molar-refractivity contribution in [3.8, 4) is 17.2 Å². The Morgan fingerprint density at radius 2 is 1.68 bits per heavy atom. The van der Waals surface area contributed by atoms with Crippen LogP contribution >= 0.6 is 0 Å². The van der Waals surface area contributed by atoms with Gasteiger partial charge >= 0.3 is 0 Å². The molecule has 0 saturated heterocycles. The molecule has 1 N–H and O–H groups in total. The molecule has 0 radical (unpaired) electrons. The maximum absolute atomic E-state index is 5.48. The second-order valence-corrected chi connectivity index (χ2v) is 4.92. The first kappa shape index (κ1) is 16.1. The van der Waals surface area contributed by atoms with Gasteiger partial charge in [0.15, 0.2) is 11.5 Å². The molecule has 1 aromatic carbocycles. The molecule has 6 nitrogen and oxygen atoms in total. The highest BCUT2D eigenvalue weighted by molar-refractivity contribution is 5.96. The van der Waals surface area contributed by atoms with E-state index in [0.717, 1.165) is 24.0 Å². The first-order valence-electron chi connectivity index (χ1n) is 7.40. The van der Waals surface area contributed by atoms with E-state index in [2.05, 4.69) is 29.1 Å². The van der Waals surface area contributed by atoms with Gasteiger partial charge in [0.2, 0.25) is 5.75 Å². The number of anilines is 1. The smallest absolute Gasteiger partial charge is 0.205 e. The minimum absolute atomic E-state index is 0.359. The predicted molar refractivity (Wildman–Crippen MR) is 87.2 cm³/mol. The molecule has 6 heteroatoms. The van der Waals surface area contributed by atoms with E-state index in [4.69, 9.17) is 14.2 Å². The molecule has 0 saturated carbocycles. The monoisotopic (exact) mass is 305 g/mol. The van der Waals surface area contributed by atoms with Gasteiger partial charge in [0.05, 0.1) is 26.7 Å².